The van der Waals surface area contributed by atoms with Crippen LogP contribution in [0.25, 0.3) is 0 Å². The third-order valence-corrected chi connectivity index (χ3v) is 4.06. The van der Waals surface area contributed by atoms with Crippen molar-refractivity contribution in [2.45, 2.75) is 78.4 Å². The van der Waals surface area contributed by atoms with E-state index in [4.69, 9.17) is 9.84 Å². The first kappa shape index (κ1) is 21.5. The van der Waals surface area contributed by atoms with E-state index in [0.717, 1.165) is 36.9 Å². The molecule has 0 fully saturated rings. The number of unbranched alkanes of at least 4 members (excludes halogenated alkanes) is 4. The van der Waals surface area contributed by atoms with E-state index in [1.807, 2.05) is 49.9 Å². The number of nitrogens with zero attached hydrogens (tertiary/aromatic N) is 1. The third-order valence-electron chi connectivity index (χ3n) is 4.06. The molecule has 1 aromatic rings. The highest BCUT2D eigenvalue weighted by molar-refractivity contribution is 5.68. The van der Waals surface area contributed by atoms with Gasteiger partial charge in [-0.3, -0.25) is 0 Å². The summed E-state index contributed by atoms with van der Waals surface area (Å²) in [5.74, 6) is 0. The number of aliphatic hydroxyl groups excluding tert-OH is 1. The Labute approximate surface area is 153 Å². The molecule has 1 aromatic carbocycles. The summed E-state index contributed by atoms with van der Waals surface area (Å²) in [6.45, 7) is 9.36. The summed E-state index contributed by atoms with van der Waals surface area (Å²) in [5, 5.41) is 9.12. The van der Waals surface area contributed by atoms with Gasteiger partial charge in [-0.15, -0.1) is 0 Å². The van der Waals surface area contributed by atoms with Crippen LogP contribution in [0.3, 0.4) is 0 Å². The number of carbonyl (C=O) groups is 1. The quantitative estimate of drug-likeness (QED) is 0.609. The highest BCUT2D eigenvalue weighted by Crippen LogP contribution is 2.13. The lowest BCUT2D eigenvalue weighted by Crippen LogP contribution is -2.38. The zero-order chi connectivity index (χ0) is 18.7. The normalized spacial score (nSPS) is 11.4. The molecule has 142 valence electrons. The Morgan fingerprint density at radius 3 is 2.16 bits per heavy atom. The first-order chi connectivity index (χ1) is 11.9. The van der Waals surface area contributed by atoms with Gasteiger partial charge in [0.2, 0.25) is 0 Å². The number of hydrogen-bond acceptors (Lipinski definition) is 3. The molecule has 0 aliphatic rings. The van der Waals surface area contributed by atoms with Crippen LogP contribution in [0.4, 0.5) is 4.79 Å². The smallest absolute Gasteiger partial charge is 0.410 e. The summed E-state index contributed by atoms with van der Waals surface area (Å²) in [5.41, 5.74) is 1.60. The van der Waals surface area contributed by atoms with Crippen molar-refractivity contribution in [2.24, 2.45) is 0 Å². The van der Waals surface area contributed by atoms with E-state index < -0.39 is 5.60 Å². The summed E-state index contributed by atoms with van der Waals surface area (Å²) in [6, 6.07) is 7.88. The van der Waals surface area contributed by atoms with Crippen LogP contribution in [0.1, 0.15) is 70.9 Å². The fourth-order valence-electron chi connectivity index (χ4n) is 2.60. The minimum Gasteiger partial charge on any atom is -0.444 e. The molecule has 1 rings (SSSR count). The van der Waals surface area contributed by atoms with Gasteiger partial charge in [0.05, 0.1) is 6.61 Å². The predicted octanol–water partition coefficient (Wildman–Crippen LogP) is 4.93. The Morgan fingerprint density at radius 2 is 1.60 bits per heavy atom. The fourth-order valence-corrected chi connectivity index (χ4v) is 2.60. The van der Waals surface area contributed by atoms with Gasteiger partial charge in [0.15, 0.2) is 0 Å². The first-order valence-electron chi connectivity index (χ1n) is 9.52. The van der Waals surface area contributed by atoms with E-state index in [9.17, 15) is 4.79 Å². The van der Waals surface area contributed by atoms with Crippen LogP contribution in [-0.4, -0.2) is 34.8 Å². The van der Waals surface area contributed by atoms with Crippen molar-refractivity contribution in [3.05, 3.63) is 35.4 Å². The van der Waals surface area contributed by atoms with Gasteiger partial charge in [-0.2, -0.15) is 0 Å². The summed E-state index contributed by atoms with van der Waals surface area (Å²) in [7, 11) is 0. The number of rotatable bonds is 10. The molecule has 0 unspecified atom stereocenters. The summed E-state index contributed by atoms with van der Waals surface area (Å²) in [4.78, 5) is 14.3. The average molecular weight is 350 g/mol. The van der Waals surface area contributed by atoms with E-state index in [2.05, 4.69) is 6.92 Å². The van der Waals surface area contributed by atoms with Gasteiger partial charge in [-0.25, -0.2) is 4.79 Å². The lowest BCUT2D eigenvalue weighted by atomic mass is 10.1. The Balaban J connectivity index is 2.57. The van der Waals surface area contributed by atoms with Crippen LogP contribution >= 0.6 is 0 Å². The van der Waals surface area contributed by atoms with Crippen LogP contribution in [-0.2, 0) is 17.8 Å². The van der Waals surface area contributed by atoms with Crippen LogP contribution in [0, 0.1) is 0 Å². The maximum Gasteiger partial charge on any atom is 0.410 e. The number of hydrogen-bond donors (Lipinski definition) is 1. The predicted molar refractivity (Wildman–Crippen MR) is 103 cm³/mol. The van der Waals surface area contributed by atoms with Crippen LogP contribution in [0.5, 0.6) is 0 Å². The van der Waals surface area contributed by atoms with Crippen molar-refractivity contribution < 1.29 is 14.6 Å². The Bertz CT molecular complexity index is 491. The zero-order valence-electron chi connectivity index (χ0n) is 16.4. The number of carbonyl (C=O) groups excluding carboxylic acids is 1. The van der Waals surface area contributed by atoms with Gasteiger partial charge < -0.3 is 14.7 Å². The molecule has 25 heavy (non-hydrogen) atoms. The topological polar surface area (TPSA) is 49.8 Å². The van der Waals surface area contributed by atoms with Crippen molar-refractivity contribution in [3.8, 4) is 0 Å². The van der Waals surface area contributed by atoms with E-state index in [-0.39, 0.29) is 12.7 Å². The van der Waals surface area contributed by atoms with Gasteiger partial charge in [-0.1, -0.05) is 56.9 Å². The van der Waals surface area contributed by atoms with E-state index >= 15 is 0 Å². The summed E-state index contributed by atoms with van der Waals surface area (Å²) < 4.78 is 5.56. The third kappa shape index (κ3) is 9.49. The lowest BCUT2D eigenvalue weighted by Gasteiger charge is -2.27. The second kappa shape index (κ2) is 11.1. The lowest BCUT2D eigenvalue weighted by molar-refractivity contribution is 0.0249. The van der Waals surface area contributed by atoms with Gasteiger partial charge in [0.1, 0.15) is 5.60 Å². The summed E-state index contributed by atoms with van der Waals surface area (Å²) in [6.07, 6.45) is 6.43. The maximum atomic E-state index is 12.5. The van der Waals surface area contributed by atoms with Crippen molar-refractivity contribution in [3.63, 3.8) is 0 Å². The standard InChI is InChI=1S/C21H35NO3/c1-5-6-7-8-9-15-22(20(24)25-21(2,3)4)16-14-18-10-12-19(17-23)13-11-18/h10-13,23H,5-9,14-17H2,1-4H3. The largest absolute Gasteiger partial charge is 0.444 e. The van der Waals surface area contributed by atoms with Crippen molar-refractivity contribution in [2.75, 3.05) is 13.1 Å². The van der Waals surface area contributed by atoms with Crippen LogP contribution in [0.15, 0.2) is 24.3 Å². The fraction of sp³-hybridized carbons (Fsp3) is 0.667. The molecule has 1 N–H and O–H groups in total. The number of amides is 1. The molecule has 4 heteroatoms. The molecule has 0 atom stereocenters. The monoisotopic (exact) mass is 349 g/mol. The Hall–Kier alpha value is -1.55. The van der Waals surface area contributed by atoms with Gasteiger partial charge >= 0.3 is 6.09 Å². The Kier molecular flexibility index (Phi) is 9.58. The number of aliphatic hydroxyl groups is 1. The highest BCUT2D eigenvalue weighted by Gasteiger charge is 2.21. The van der Waals surface area contributed by atoms with E-state index in [1.54, 1.807) is 0 Å². The minimum absolute atomic E-state index is 0.0576. The van der Waals surface area contributed by atoms with Crippen molar-refractivity contribution >= 4 is 6.09 Å². The maximum absolute atomic E-state index is 12.5. The van der Waals surface area contributed by atoms with Crippen molar-refractivity contribution in [1.82, 2.24) is 4.90 Å². The average Bonchev–Trinajstić information content (AvgIpc) is 2.56. The number of ether oxygens (including phenoxy) is 1. The first-order valence-corrected chi connectivity index (χ1v) is 9.52. The SMILES string of the molecule is CCCCCCCN(CCc1ccc(CO)cc1)C(=O)OC(C)(C)C. The highest BCUT2D eigenvalue weighted by atomic mass is 16.6. The zero-order valence-corrected chi connectivity index (χ0v) is 16.4. The molecule has 4 nitrogen and oxygen atoms in total. The second-order valence-electron chi connectivity index (χ2n) is 7.61. The molecule has 0 aliphatic carbocycles. The second-order valence-corrected chi connectivity index (χ2v) is 7.61. The minimum atomic E-state index is -0.472. The van der Waals surface area contributed by atoms with Crippen LogP contribution in [0.2, 0.25) is 0 Å². The van der Waals surface area contributed by atoms with Crippen LogP contribution < -0.4 is 0 Å². The van der Waals surface area contributed by atoms with E-state index in [0.29, 0.717) is 6.54 Å². The molecule has 0 saturated carbocycles. The molecule has 0 radical (unpaired) electrons. The molecular weight excluding hydrogens is 314 g/mol. The molecule has 0 saturated heterocycles. The molecule has 0 heterocycles. The van der Waals surface area contributed by atoms with Gasteiger partial charge in [0, 0.05) is 13.1 Å². The number of benzene rings is 1. The molecule has 0 spiro atoms. The van der Waals surface area contributed by atoms with Gasteiger partial charge in [-0.05, 0) is 44.7 Å². The molecule has 0 bridgehead atoms. The Morgan fingerprint density at radius 1 is 1.00 bits per heavy atom. The van der Waals surface area contributed by atoms with Gasteiger partial charge in [0.25, 0.3) is 0 Å². The van der Waals surface area contributed by atoms with Crippen molar-refractivity contribution in [1.29, 1.82) is 0 Å². The molecular formula is C21H35NO3. The molecule has 0 aliphatic heterocycles. The summed E-state index contributed by atoms with van der Waals surface area (Å²) >= 11 is 0. The van der Waals surface area contributed by atoms with E-state index in [1.165, 1.54) is 19.3 Å². The molecule has 1 amide bonds. The molecule has 0 aromatic heterocycles.